The van der Waals surface area contributed by atoms with Crippen LogP contribution in [-0.2, 0) is 0 Å². The summed E-state index contributed by atoms with van der Waals surface area (Å²) in [5.74, 6) is 1.61. The van der Waals surface area contributed by atoms with Crippen LogP contribution in [0.4, 0.5) is 5.69 Å². The molecule has 0 amide bonds. The van der Waals surface area contributed by atoms with Crippen molar-refractivity contribution in [2.45, 2.75) is 19.4 Å². The van der Waals surface area contributed by atoms with E-state index in [1.54, 1.807) is 13.8 Å². The SMILES string of the molecule is CC(C)(O)CNc1ccc(Oc2ccccc2)cc1. The molecule has 0 radical (unpaired) electrons. The topological polar surface area (TPSA) is 41.5 Å². The fraction of sp³-hybridized carbons (Fsp3) is 0.250. The largest absolute Gasteiger partial charge is 0.457 e. The van der Waals surface area contributed by atoms with Gasteiger partial charge < -0.3 is 15.2 Å². The Hall–Kier alpha value is -2.00. The van der Waals surface area contributed by atoms with E-state index in [1.165, 1.54) is 0 Å². The first kappa shape index (κ1) is 13.4. The van der Waals surface area contributed by atoms with Crippen molar-refractivity contribution in [1.29, 1.82) is 0 Å². The zero-order valence-electron chi connectivity index (χ0n) is 11.3. The molecule has 0 fully saturated rings. The van der Waals surface area contributed by atoms with Crippen LogP contribution < -0.4 is 10.1 Å². The first-order valence-corrected chi connectivity index (χ1v) is 6.32. The third-order valence-corrected chi connectivity index (χ3v) is 2.56. The summed E-state index contributed by atoms with van der Waals surface area (Å²) in [6, 6.07) is 17.3. The molecule has 0 unspecified atom stereocenters. The summed E-state index contributed by atoms with van der Waals surface area (Å²) in [4.78, 5) is 0. The lowest BCUT2D eigenvalue weighted by molar-refractivity contribution is 0.0945. The van der Waals surface area contributed by atoms with Crippen molar-refractivity contribution >= 4 is 5.69 Å². The van der Waals surface area contributed by atoms with Gasteiger partial charge in [0.2, 0.25) is 0 Å². The highest BCUT2D eigenvalue weighted by Gasteiger charge is 2.11. The number of benzene rings is 2. The average Bonchev–Trinajstić information content (AvgIpc) is 2.38. The third-order valence-electron chi connectivity index (χ3n) is 2.56. The summed E-state index contributed by atoms with van der Waals surface area (Å²) in [6.07, 6.45) is 0. The van der Waals surface area contributed by atoms with E-state index in [0.717, 1.165) is 17.2 Å². The van der Waals surface area contributed by atoms with Gasteiger partial charge in [0.25, 0.3) is 0 Å². The summed E-state index contributed by atoms with van der Waals surface area (Å²) < 4.78 is 5.70. The van der Waals surface area contributed by atoms with Gasteiger partial charge in [0.05, 0.1) is 5.60 Å². The lowest BCUT2D eigenvalue weighted by Gasteiger charge is -2.18. The van der Waals surface area contributed by atoms with Gasteiger partial charge >= 0.3 is 0 Å². The Bertz CT molecular complexity index is 501. The molecule has 2 aromatic carbocycles. The summed E-state index contributed by atoms with van der Waals surface area (Å²) in [5, 5.41) is 12.8. The molecular formula is C16H19NO2. The van der Waals surface area contributed by atoms with Gasteiger partial charge in [-0.1, -0.05) is 18.2 Å². The Morgan fingerprint density at radius 1 is 0.947 bits per heavy atom. The normalized spacial score (nSPS) is 11.1. The van der Waals surface area contributed by atoms with E-state index in [2.05, 4.69) is 5.32 Å². The van der Waals surface area contributed by atoms with Gasteiger partial charge in [-0.2, -0.15) is 0 Å². The first-order valence-electron chi connectivity index (χ1n) is 6.32. The highest BCUT2D eigenvalue weighted by atomic mass is 16.5. The Kier molecular flexibility index (Phi) is 4.07. The molecule has 2 N–H and O–H groups in total. The smallest absolute Gasteiger partial charge is 0.127 e. The van der Waals surface area contributed by atoms with Gasteiger partial charge in [-0.3, -0.25) is 0 Å². The molecule has 2 aromatic rings. The fourth-order valence-electron chi connectivity index (χ4n) is 1.58. The van der Waals surface area contributed by atoms with Gasteiger partial charge in [0.1, 0.15) is 11.5 Å². The van der Waals surface area contributed by atoms with E-state index >= 15 is 0 Å². The predicted octanol–water partition coefficient (Wildman–Crippen LogP) is 3.66. The van der Waals surface area contributed by atoms with Crippen molar-refractivity contribution in [3.8, 4) is 11.5 Å². The van der Waals surface area contributed by atoms with Crippen molar-refractivity contribution in [2.75, 3.05) is 11.9 Å². The molecule has 0 aromatic heterocycles. The molecule has 0 spiro atoms. The van der Waals surface area contributed by atoms with Gasteiger partial charge in [-0.15, -0.1) is 0 Å². The van der Waals surface area contributed by atoms with Crippen LogP contribution in [0, 0.1) is 0 Å². The minimum absolute atomic E-state index is 0.506. The number of aliphatic hydroxyl groups is 1. The van der Waals surface area contributed by atoms with Gasteiger partial charge in [-0.05, 0) is 50.2 Å². The Labute approximate surface area is 113 Å². The first-order chi connectivity index (χ1) is 9.03. The molecule has 0 saturated carbocycles. The van der Waals surface area contributed by atoms with E-state index in [1.807, 2.05) is 54.6 Å². The summed E-state index contributed by atoms with van der Waals surface area (Å²) in [7, 11) is 0. The maximum Gasteiger partial charge on any atom is 0.127 e. The fourth-order valence-corrected chi connectivity index (χ4v) is 1.58. The van der Waals surface area contributed by atoms with Crippen molar-refractivity contribution < 1.29 is 9.84 Å². The molecular weight excluding hydrogens is 238 g/mol. The van der Waals surface area contributed by atoms with Crippen LogP contribution >= 0.6 is 0 Å². The van der Waals surface area contributed by atoms with Gasteiger partial charge in [0, 0.05) is 12.2 Å². The molecule has 0 aliphatic carbocycles. The quantitative estimate of drug-likeness (QED) is 0.859. The standard InChI is InChI=1S/C16H19NO2/c1-16(2,18)12-17-13-8-10-15(11-9-13)19-14-6-4-3-5-7-14/h3-11,17-18H,12H2,1-2H3. The number of para-hydroxylation sites is 1. The highest BCUT2D eigenvalue weighted by Crippen LogP contribution is 2.22. The number of ether oxygens (including phenoxy) is 1. The zero-order valence-corrected chi connectivity index (χ0v) is 11.3. The van der Waals surface area contributed by atoms with Gasteiger partial charge in [0.15, 0.2) is 0 Å². The molecule has 3 nitrogen and oxygen atoms in total. The van der Waals surface area contributed by atoms with Crippen molar-refractivity contribution in [2.24, 2.45) is 0 Å². The Morgan fingerprint density at radius 2 is 1.53 bits per heavy atom. The van der Waals surface area contributed by atoms with E-state index in [4.69, 9.17) is 4.74 Å². The monoisotopic (exact) mass is 257 g/mol. The summed E-state index contributed by atoms with van der Waals surface area (Å²) >= 11 is 0. The average molecular weight is 257 g/mol. The maximum absolute atomic E-state index is 9.64. The molecule has 0 aliphatic rings. The summed E-state index contributed by atoms with van der Waals surface area (Å²) in [6.45, 7) is 4.05. The maximum atomic E-state index is 9.64. The summed E-state index contributed by atoms with van der Waals surface area (Å²) in [5.41, 5.74) is 0.238. The molecule has 3 heteroatoms. The molecule has 0 heterocycles. The van der Waals surface area contributed by atoms with Crippen LogP contribution in [0.15, 0.2) is 54.6 Å². The molecule has 19 heavy (non-hydrogen) atoms. The van der Waals surface area contributed by atoms with Crippen LogP contribution in [0.5, 0.6) is 11.5 Å². The Balaban J connectivity index is 1.95. The van der Waals surface area contributed by atoms with Crippen molar-refractivity contribution in [3.63, 3.8) is 0 Å². The second-order valence-electron chi connectivity index (χ2n) is 5.11. The minimum atomic E-state index is -0.723. The highest BCUT2D eigenvalue weighted by molar-refractivity contribution is 5.47. The third kappa shape index (κ3) is 4.64. The number of nitrogens with one attached hydrogen (secondary N) is 1. The number of anilines is 1. The van der Waals surface area contributed by atoms with E-state index in [-0.39, 0.29) is 0 Å². The molecule has 0 aliphatic heterocycles. The molecule has 100 valence electrons. The van der Waals surface area contributed by atoms with Crippen LogP contribution in [0.25, 0.3) is 0 Å². The molecule has 2 rings (SSSR count). The van der Waals surface area contributed by atoms with Gasteiger partial charge in [-0.25, -0.2) is 0 Å². The lowest BCUT2D eigenvalue weighted by atomic mass is 10.1. The van der Waals surface area contributed by atoms with Crippen LogP contribution in [-0.4, -0.2) is 17.3 Å². The van der Waals surface area contributed by atoms with E-state index in [9.17, 15) is 5.11 Å². The zero-order chi connectivity index (χ0) is 13.7. The second kappa shape index (κ2) is 5.76. The minimum Gasteiger partial charge on any atom is -0.457 e. The lowest BCUT2D eigenvalue weighted by Crippen LogP contribution is -2.29. The van der Waals surface area contributed by atoms with Crippen molar-refractivity contribution in [3.05, 3.63) is 54.6 Å². The number of rotatable bonds is 5. The predicted molar refractivity (Wildman–Crippen MR) is 77.7 cm³/mol. The number of hydrogen-bond donors (Lipinski definition) is 2. The molecule has 0 bridgehead atoms. The van der Waals surface area contributed by atoms with Crippen molar-refractivity contribution in [1.82, 2.24) is 0 Å². The van der Waals surface area contributed by atoms with E-state index < -0.39 is 5.60 Å². The van der Waals surface area contributed by atoms with Crippen LogP contribution in [0.2, 0.25) is 0 Å². The second-order valence-corrected chi connectivity index (χ2v) is 5.11. The molecule has 0 saturated heterocycles. The Morgan fingerprint density at radius 3 is 2.11 bits per heavy atom. The van der Waals surface area contributed by atoms with Crippen LogP contribution in [0.1, 0.15) is 13.8 Å². The molecule has 0 atom stereocenters. The van der Waals surface area contributed by atoms with E-state index in [0.29, 0.717) is 6.54 Å². The number of hydrogen-bond acceptors (Lipinski definition) is 3. The van der Waals surface area contributed by atoms with Crippen LogP contribution in [0.3, 0.4) is 0 Å².